The zero-order valence-corrected chi connectivity index (χ0v) is 31.6. The van der Waals surface area contributed by atoms with Gasteiger partial charge >= 0.3 is 0 Å². The largest absolute Gasteiger partial charge is 0.487 e. The quantitative estimate of drug-likeness (QED) is 0.0975. The number of carbonyl (C=O) groups is 1. The molecule has 0 aromatic heterocycles. The van der Waals surface area contributed by atoms with Crippen LogP contribution in [0.5, 0.6) is 17.2 Å². The molecular weight excluding hydrogens is 690 g/mol. The Morgan fingerprint density at radius 3 is 1.31 bits per heavy atom. The fraction of sp³-hybridized carbons (Fsp3) is 0.800. The number of carbonyl (C=O) groups excluding carboxylic acids is 1. The van der Waals surface area contributed by atoms with Crippen LogP contribution in [0, 0.1) is 0 Å². The predicted molar refractivity (Wildman–Crippen MR) is 187 cm³/mol. The summed E-state index contributed by atoms with van der Waals surface area (Å²) in [5.41, 5.74) is -0.966. The van der Waals surface area contributed by atoms with Crippen LogP contribution in [0.2, 0.25) is 0 Å². The molecule has 0 radical (unpaired) electrons. The number of hydrogen-bond donors (Lipinski definition) is 2. The van der Waals surface area contributed by atoms with Crippen LogP contribution in [0.1, 0.15) is 24.2 Å². The number of aliphatic hydroxyl groups is 1. The lowest BCUT2D eigenvalue weighted by Crippen LogP contribution is -2.63. The van der Waals surface area contributed by atoms with E-state index in [1.54, 1.807) is 47.3 Å². The smallest absolute Gasteiger partial charge is 0.252 e. The van der Waals surface area contributed by atoms with E-state index < -0.39 is 23.8 Å². The second kappa shape index (κ2) is 28.1. The lowest BCUT2D eigenvalue weighted by molar-refractivity contribution is -0.273. The van der Waals surface area contributed by atoms with Gasteiger partial charge in [-0.3, -0.25) is 4.79 Å². The Bertz CT molecular complexity index is 1010. The van der Waals surface area contributed by atoms with Crippen molar-refractivity contribution in [2.45, 2.75) is 25.2 Å². The third kappa shape index (κ3) is 19.6. The molecule has 1 fully saturated rings. The fourth-order valence-corrected chi connectivity index (χ4v) is 4.30. The minimum Gasteiger partial charge on any atom is -0.487 e. The maximum Gasteiger partial charge on any atom is 0.252 e. The van der Waals surface area contributed by atoms with Crippen molar-refractivity contribution in [1.82, 2.24) is 5.32 Å². The van der Waals surface area contributed by atoms with Crippen LogP contribution in [0.4, 0.5) is 0 Å². The Balaban J connectivity index is 2.18. The summed E-state index contributed by atoms with van der Waals surface area (Å²) in [7, 11) is 4.83. The second-order valence-corrected chi connectivity index (χ2v) is 11.9. The normalized spacial score (nSPS) is 15.0. The Labute approximate surface area is 307 Å². The molecule has 0 atom stereocenters. The van der Waals surface area contributed by atoms with Crippen molar-refractivity contribution < 1.29 is 76.2 Å². The first-order valence-electron chi connectivity index (χ1n) is 17.5. The van der Waals surface area contributed by atoms with Gasteiger partial charge in [-0.15, -0.1) is 0 Å². The highest BCUT2D eigenvalue weighted by Crippen LogP contribution is 2.39. The van der Waals surface area contributed by atoms with Gasteiger partial charge in [0.15, 0.2) is 17.3 Å². The molecule has 2 N–H and O–H groups in total. The zero-order chi connectivity index (χ0) is 37.8. The number of ether oxygens (including phenoxy) is 14. The van der Waals surface area contributed by atoms with Gasteiger partial charge in [-0.1, -0.05) is 0 Å². The van der Waals surface area contributed by atoms with Gasteiger partial charge in [0.05, 0.1) is 119 Å². The van der Waals surface area contributed by atoms with Gasteiger partial charge in [0.2, 0.25) is 5.75 Å². The third-order valence-corrected chi connectivity index (χ3v) is 7.21. The SMILES string of the molecule is COCCOCCOCCOc1cc(C(=O)NC2(CO)COC(C)(C)OC2)cc(OCCOCCOCCOC)c1OCCOCCOCCOC. The molecule has 1 amide bonds. The highest BCUT2D eigenvalue weighted by atomic mass is 16.7. The van der Waals surface area contributed by atoms with Gasteiger partial charge in [0.25, 0.3) is 5.91 Å². The molecule has 17 nitrogen and oxygen atoms in total. The molecule has 0 saturated carbocycles. The first-order valence-corrected chi connectivity index (χ1v) is 17.5. The van der Waals surface area contributed by atoms with E-state index in [0.717, 1.165) is 0 Å². The van der Waals surface area contributed by atoms with E-state index in [-0.39, 0.29) is 75.7 Å². The second-order valence-electron chi connectivity index (χ2n) is 11.9. The topological polar surface area (TPSA) is 179 Å². The van der Waals surface area contributed by atoms with E-state index in [2.05, 4.69) is 5.32 Å². The lowest BCUT2D eigenvalue weighted by atomic mass is 10.0. The maximum atomic E-state index is 13.7. The van der Waals surface area contributed by atoms with Crippen LogP contribution >= 0.6 is 0 Å². The maximum absolute atomic E-state index is 13.7. The van der Waals surface area contributed by atoms with Crippen molar-refractivity contribution in [2.75, 3.05) is 160 Å². The summed E-state index contributed by atoms with van der Waals surface area (Å²) in [6, 6.07) is 3.09. The molecule has 0 spiro atoms. The Morgan fingerprint density at radius 2 is 0.942 bits per heavy atom. The molecule has 0 bridgehead atoms. The van der Waals surface area contributed by atoms with Crippen molar-refractivity contribution >= 4 is 5.91 Å². The number of nitrogens with one attached hydrogen (secondary N) is 1. The molecule has 302 valence electrons. The van der Waals surface area contributed by atoms with E-state index in [1.807, 2.05) is 0 Å². The average Bonchev–Trinajstić information content (AvgIpc) is 3.14. The summed E-state index contributed by atoms with van der Waals surface area (Å²) >= 11 is 0. The molecule has 1 saturated heterocycles. The summed E-state index contributed by atoms with van der Waals surface area (Å²) in [6.07, 6.45) is 0. The van der Waals surface area contributed by atoms with Gasteiger partial charge in [0.1, 0.15) is 25.4 Å². The van der Waals surface area contributed by atoms with Gasteiger partial charge in [0, 0.05) is 26.9 Å². The van der Waals surface area contributed by atoms with Gasteiger partial charge < -0.3 is 76.7 Å². The minimum atomic E-state index is -1.16. The van der Waals surface area contributed by atoms with E-state index in [0.29, 0.717) is 79.3 Å². The molecule has 52 heavy (non-hydrogen) atoms. The molecule has 17 heteroatoms. The monoisotopic (exact) mass is 751 g/mol. The molecular formula is C35H61NO16. The van der Waals surface area contributed by atoms with Gasteiger partial charge in [-0.2, -0.15) is 0 Å². The first-order chi connectivity index (χ1) is 25.3. The molecule has 1 aromatic rings. The predicted octanol–water partition coefficient (Wildman–Crippen LogP) is 1.11. The van der Waals surface area contributed by atoms with Crippen molar-refractivity contribution in [3.63, 3.8) is 0 Å². The zero-order valence-electron chi connectivity index (χ0n) is 31.6. The van der Waals surface area contributed by atoms with Gasteiger partial charge in [-0.25, -0.2) is 0 Å². The van der Waals surface area contributed by atoms with Crippen molar-refractivity contribution in [3.05, 3.63) is 17.7 Å². The third-order valence-electron chi connectivity index (χ3n) is 7.21. The van der Waals surface area contributed by atoms with Crippen LogP contribution in [0.3, 0.4) is 0 Å². The molecule has 1 aliphatic rings. The standard InChI is InChI=1S/C35H61NO16/c1-34(2)51-27-35(26-37,28-52-34)36-33(38)29-24-30(48-21-18-45-15-12-42-9-6-39-3)32(50-23-20-47-17-14-44-11-8-41-5)31(25-29)49-22-19-46-16-13-43-10-7-40-4/h24-25,37H,6-23,26-28H2,1-5H3,(H,36,38). The van der Waals surface area contributed by atoms with Crippen LogP contribution in [0.15, 0.2) is 12.1 Å². The van der Waals surface area contributed by atoms with E-state index in [1.165, 1.54) is 0 Å². The minimum absolute atomic E-state index is 0.0482. The first kappa shape index (κ1) is 45.8. The molecule has 0 unspecified atom stereocenters. The van der Waals surface area contributed by atoms with Crippen LogP contribution in [0.25, 0.3) is 0 Å². The van der Waals surface area contributed by atoms with Crippen molar-refractivity contribution in [3.8, 4) is 17.2 Å². The van der Waals surface area contributed by atoms with E-state index in [4.69, 9.17) is 66.3 Å². The van der Waals surface area contributed by atoms with E-state index >= 15 is 0 Å². The van der Waals surface area contributed by atoms with Crippen LogP contribution in [-0.4, -0.2) is 182 Å². The Hall–Kier alpha value is -2.39. The summed E-state index contributed by atoms with van der Waals surface area (Å²) < 4.78 is 78.0. The van der Waals surface area contributed by atoms with Gasteiger partial charge in [-0.05, 0) is 26.0 Å². The number of benzene rings is 1. The number of aliphatic hydroxyl groups excluding tert-OH is 1. The van der Waals surface area contributed by atoms with Crippen LogP contribution in [-0.2, 0) is 52.1 Å². The van der Waals surface area contributed by atoms with Crippen molar-refractivity contribution in [1.29, 1.82) is 0 Å². The lowest BCUT2D eigenvalue weighted by Gasteiger charge is -2.42. The van der Waals surface area contributed by atoms with Crippen molar-refractivity contribution in [2.24, 2.45) is 0 Å². The molecule has 1 aliphatic heterocycles. The Kier molecular flexibility index (Phi) is 24.7. The number of hydrogen-bond acceptors (Lipinski definition) is 16. The number of methoxy groups -OCH3 is 3. The van der Waals surface area contributed by atoms with Crippen LogP contribution < -0.4 is 19.5 Å². The molecule has 0 aliphatic carbocycles. The van der Waals surface area contributed by atoms with E-state index in [9.17, 15) is 9.90 Å². The highest BCUT2D eigenvalue weighted by Gasteiger charge is 2.41. The summed E-state index contributed by atoms with van der Waals surface area (Å²) in [5.74, 6) is -0.596. The fourth-order valence-electron chi connectivity index (χ4n) is 4.30. The summed E-state index contributed by atoms with van der Waals surface area (Å²) in [4.78, 5) is 13.7. The molecule has 2 rings (SSSR count). The summed E-state index contributed by atoms with van der Waals surface area (Å²) in [6.45, 7) is 9.62. The Morgan fingerprint density at radius 1 is 0.596 bits per heavy atom. The average molecular weight is 752 g/mol. The number of amides is 1. The summed E-state index contributed by atoms with van der Waals surface area (Å²) in [5, 5.41) is 13.1. The molecule has 1 heterocycles. The number of rotatable bonds is 33. The molecule has 1 aromatic carbocycles. The highest BCUT2D eigenvalue weighted by molar-refractivity contribution is 5.96.